The van der Waals surface area contributed by atoms with E-state index in [2.05, 4.69) is 15.9 Å². The maximum atomic E-state index is 13.1. The Morgan fingerprint density at radius 3 is 2.75 bits per heavy atom. The standard InChI is InChI=1S/C8H7BrClFO/c1-12-8-3-5(9)2-7(11)6(8)4-10/h2-3H,4H2,1H3. The molecule has 0 bridgehead atoms. The maximum Gasteiger partial charge on any atom is 0.132 e. The number of benzene rings is 1. The van der Waals surface area contributed by atoms with E-state index in [1.807, 2.05) is 0 Å². The van der Waals surface area contributed by atoms with E-state index >= 15 is 0 Å². The van der Waals surface area contributed by atoms with E-state index in [9.17, 15) is 4.39 Å². The Morgan fingerprint density at radius 1 is 1.58 bits per heavy atom. The fourth-order valence-electron chi connectivity index (χ4n) is 0.892. The van der Waals surface area contributed by atoms with E-state index < -0.39 is 0 Å². The average Bonchev–Trinajstić information content (AvgIpc) is 2.03. The third-order valence-corrected chi connectivity index (χ3v) is 2.20. The van der Waals surface area contributed by atoms with Gasteiger partial charge in [-0.2, -0.15) is 0 Å². The van der Waals surface area contributed by atoms with Gasteiger partial charge >= 0.3 is 0 Å². The Bertz CT molecular complexity index is 291. The number of hydrogen-bond acceptors (Lipinski definition) is 1. The van der Waals surface area contributed by atoms with Gasteiger partial charge in [0.15, 0.2) is 0 Å². The summed E-state index contributed by atoms with van der Waals surface area (Å²) >= 11 is 8.69. The van der Waals surface area contributed by atoms with Crippen molar-refractivity contribution in [3.8, 4) is 5.75 Å². The van der Waals surface area contributed by atoms with E-state index in [4.69, 9.17) is 16.3 Å². The van der Waals surface area contributed by atoms with Crippen molar-refractivity contribution in [1.29, 1.82) is 0 Å². The van der Waals surface area contributed by atoms with Gasteiger partial charge in [-0.1, -0.05) is 15.9 Å². The summed E-state index contributed by atoms with van der Waals surface area (Å²) in [4.78, 5) is 0. The highest BCUT2D eigenvalue weighted by Crippen LogP contribution is 2.27. The first kappa shape index (κ1) is 9.81. The largest absolute Gasteiger partial charge is 0.496 e. The predicted octanol–water partition coefficient (Wildman–Crippen LogP) is 3.34. The molecule has 0 amide bonds. The Balaban J connectivity index is 3.24. The molecule has 0 saturated carbocycles. The van der Waals surface area contributed by atoms with Gasteiger partial charge < -0.3 is 4.74 Å². The van der Waals surface area contributed by atoms with Crippen molar-refractivity contribution >= 4 is 27.5 Å². The summed E-state index contributed by atoms with van der Waals surface area (Å²) in [7, 11) is 1.48. The van der Waals surface area contributed by atoms with Gasteiger partial charge in [0.05, 0.1) is 13.0 Å². The summed E-state index contributed by atoms with van der Waals surface area (Å²) in [6, 6.07) is 3.04. The van der Waals surface area contributed by atoms with Gasteiger partial charge in [-0.25, -0.2) is 4.39 Å². The van der Waals surface area contributed by atoms with Gasteiger partial charge in [-0.3, -0.25) is 0 Å². The first-order chi connectivity index (χ1) is 5.69. The quantitative estimate of drug-likeness (QED) is 0.735. The average molecular weight is 253 g/mol. The number of hydrogen-bond donors (Lipinski definition) is 0. The molecular formula is C8H7BrClFO. The zero-order valence-electron chi connectivity index (χ0n) is 6.40. The highest BCUT2D eigenvalue weighted by molar-refractivity contribution is 9.10. The Morgan fingerprint density at radius 2 is 2.25 bits per heavy atom. The van der Waals surface area contributed by atoms with Gasteiger partial charge in [-0.15, -0.1) is 11.6 Å². The van der Waals surface area contributed by atoms with Crippen LogP contribution in [0.4, 0.5) is 4.39 Å². The monoisotopic (exact) mass is 252 g/mol. The van der Waals surface area contributed by atoms with Gasteiger partial charge in [-0.05, 0) is 12.1 Å². The zero-order valence-corrected chi connectivity index (χ0v) is 8.75. The van der Waals surface area contributed by atoms with Crippen LogP contribution in [-0.2, 0) is 5.88 Å². The molecule has 1 aromatic rings. The topological polar surface area (TPSA) is 9.23 Å². The number of methoxy groups -OCH3 is 1. The van der Waals surface area contributed by atoms with Crippen molar-refractivity contribution in [2.24, 2.45) is 0 Å². The van der Waals surface area contributed by atoms with Gasteiger partial charge in [0, 0.05) is 10.0 Å². The molecule has 1 aromatic carbocycles. The second kappa shape index (κ2) is 4.10. The molecule has 0 heterocycles. The molecule has 0 aliphatic rings. The minimum atomic E-state index is -0.351. The molecule has 0 aliphatic heterocycles. The van der Waals surface area contributed by atoms with Gasteiger partial charge in [0.1, 0.15) is 11.6 Å². The minimum absolute atomic E-state index is 0.113. The van der Waals surface area contributed by atoms with Gasteiger partial charge in [0.2, 0.25) is 0 Å². The summed E-state index contributed by atoms with van der Waals surface area (Å²) < 4.78 is 18.7. The number of alkyl halides is 1. The van der Waals surface area contributed by atoms with Crippen LogP contribution >= 0.6 is 27.5 Å². The molecule has 0 saturated heterocycles. The molecule has 0 aliphatic carbocycles. The number of rotatable bonds is 2. The molecule has 12 heavy (non-hydrogen) atoms. The fraction of sp³-hybridized carbons (Fsp3) is 0.250. The molecule has 1 rings (SSSR count). The fourth-order valence-corrected chi connectivity index (χ4v) is 1.56. The van der Waals surface area contributed by atoms with Crippen LogP contribution in [0.3, 0.4) is 0 Å². The van der Waals surface area contributed by atoms with Crippen molar-refractivity contribution < 1.29 is 9.13 Å². The van der Waals surface area contributed by atoms with Crippen LogP contribution in [0.25, 0.3) is 0 Å². The molecule has 0 atom stereocenters. The number of halogens is 3. The Hall–Kier alpha value is -0.280. The first-order valence-corrected chi connectivity index (χ1v) is 4.59. The van der Waals surface area contributed by atoms with Crippen LogP contribution in [0.15, 0.2) is 16.6 Å². The lowest BCUT2D eigenvalue weighted by atomic mass is 10.2. The molecule has 0 aromatic heterocycles. The summed E-state index contributed by atoms with van der Waals surface area (Å²) in [5, 5.41) is 0. The van der Waals surface area contributed by atoms with Crippen molar-refractivity contribution in [3.63, 3.8) is 0 Å². The third kappa shape index (κ3) is 1.90. The normalized spacial score (nSPS) is 10.0. The highest BCUT2D eigenvalue weighted by atomic mass is 79.9. The van der Waals surface area contributed by atoms with E-state index in [-0.39, 0.29) is 11.7 Å². The summed E-state index contributed by atoms with van der Waals surface area (Å²) in [6.45, 7) is 0. The zero-order chi connectivity index (χ0) is 9.14. The molecule has 1 nitrogen and oxygen atoms in total. The molecule has 0 N–H and O–H groups in total. The third-order valence-electron chi connectivity index (χ3n) is 1.47. The second-order valence-corrected chi connectivity index (χ2v) is 3.38. The Labute approximate surface area is 83.6 Å². The minimum Gasteiger partial charge on any atom is -0.496 e. The smallest absolute Gasteiger partial charge is 0.132 e. The summed E-state index contributed by atoms with van der Waals surface area (Å²) in [5.41, 5.74) is 0.391. The van der Waals surface area contributed by atoms with Gasteiger partial charge in [0.25, 0.3) is 0 Å². The van der Waals surface area contributed by atoms with Crippen LogP contribution in [0.5, 0.6) is 5.75 Å². The molecule has 66 valence electrons. The molecule has 0 unspecified atom stereocenters. The lowest BCUT2D eigenvalue weighted by molar-refractivity contribution is 0.406. The van der Waals surface area contributed by atoms with E-state index in [0.29, 0.717) is 15.8 Å². The van der Waals surface area contributed by atoms with Crippen LogP contribution in [0.2, 0.25) is 0 Å². The van der Waals surface area contributed by atoms with E-state index in [0.717, 1.165) is 0 Å². The Kier molecular flexibility index (Phi) is 3.35. The first-order valence-electron chi connectivity index (χ1n) is 3.27. The summed E-state index contributed by atoms with van der Waals surface area (Å²) in [6.07, 6.45) is 0. The van der Waals surface area contributed by atoms with E-state index in [1.54, 1.807) is 6.07 Å². The van der Waals surface area contributed by atoms with Crippen LogP contribution < -0.4 is 4.74 Å². The number of ether oxygens (including phenoxy) is 1. The van der Waals surface area contributed by atoms with Crippen molar-refractivity contribution in [1.82, 2.24) is 0 Å². The second-order valence-electron chi connectivity index (χ2n) is 2.20. The van der Waals surface area contributed by atoms with Crippen LogP contribution in [0, 0.1) is 5.82 Å². The predicted molar refractivity (Wildman–Crippen MR) is 50.2 cm³/mol. The molecule has 0 radical (unpaired) electrons. The molecule has 4 heteroatoms. The van der Waals surface area contributed by atoms with Crippen molar-refractivity contribution in [3.05, 3.63) is 28.0 Å². The van der Waals surface area contributed by atoms with Crippen molar-refractivity contribution in [2.45, 2.75) is 5.88 Å². The lowest BCUT2D eigenvalue weighted by Crippen LogP contribution is -1.93. The molecule has 0 spiro atoms. The highest BCUT2D eigenvalue weighted by Gasteiger charge is 2.09. The lowest BCUT2D eigenvalue weighted by Gasteiger charge is -2.06. The maximum absolute atomic E-state index is 13.1. The van der Waals surface area contributed by atoms with Crippen LogP contribution in [0.1, 0.15) is 5.56 Å². The van der Waals surface area contributed by atoms with Crippen LogP contribution in [-0.4, -0.2) is 7.11 Å². The molecule has 0 fully saturated rings. The van der Waals surface area contributed by atoms with E-state index in [1.165, 1.54) is 13.2 Å². The SMILES string of the molecule is COc1cc(Br)cc(F)c1CCl. The van der Waals surface area contributed by atoms with Crippen molar-refractivity contribution in [2.75, 3.05) is 7.11 Å². The summed E-state index contributed by atoms with van der Waals surface area (Å²) in [5.74, 6) is 0.232. The molecular weight excluding hydrogens is 246 g/mol.